The molecule has 3 rings (SSSR count). The highest BCUT2D eigenvalue weighted by Crippen LogP contribution is 2.48. The first kappa shape index (κ1) is 14.2. The molecular formula is C15H26N2. The Balaban J connectivity index is 0.000000330. The summed E-state index contributed by atoms with van der Waals surface area (Å²) in [6.07, 6.45) is 3.23. The summed E-state index contributed by atoms with van der Waals surface area (Å²) in [5.74, 6) is 0.772. The van der Waals surface area contributed by atoms with E-state index in [1.807, 2.05) is 33.9 Å². The van der Waals surface area contributed by atoms with Crippen LogP contribution < -0.4 is 0 Å². The third-order valence-corrected chi connectivity index (χ3v) is 3.44. The molecule has 2 nitrogen and oxygen atoms in total. The van der Waals surface area contributed by atoms with E-state index in [1.54, 1.807) is 0 Å². The molecular weight excluding hydrogens is 208 g/mol. The van der Waals surface area contributed by atoms with Gasteiger partial charge in [0.2, 0.25) is 0 Å². The molecule has 0 spiro atoms. The van der Waals surface area contributed by atoms with Gasteiger partial charge in [-0.05, 0) is 24.6 Å². The number of hydrogen-bond donors (Lipinski definition) is 0. The minimum absolute atomic E-state index is 0.631. The van der Waals surface area contributed by atoms with Crippen molar-refractivity contribution in [3.05, 3.63) is 29.6 Å². The summed E-state index contributed by atoms with van der Waals surface area (Å²) in [4.78, 5) is 7.04. The number of pyridine rings is 1. The third-order valence-electron chi connectivity index (χ3n) is 3.44. The number of nitrogens with zero attached hydrogens (tertiary/aromatic N) is 2. The lowest BCUT2D eigenvalue weighted by atomic mass is 10.0. The van der Waals surface area contributed by atoms with Gasteiger partial charge in [0.15, 0.2) is 0 Å². The van der Waals surface area contributed by atoms with Crippen LogP contribution >= 0.6 is 0 Å². The van der Waals surface area contributed by atoms with Gasteiger partial charge >= 0.3 is 0 Å². The monoisotopic (exact) mass is 234 g/mol. The van der Waals surface area contributed by atoms with Gasteiger partial charge in [0, 0.05) is 18.7 Å². The van der Waals surface area contributed by atoms with Crippen LogP contribution in [0.2, 0.25) is 0 Å². The Morgan fingerprint density at radius 3 is 2.65 bits per heavy atom. The zero-order valence-electron chi connectivity index (χ0n) is 11.9. The molecule has 1 aromatic rings. The first-order valence-corrected chi connectivity index (χ1v) is 7.09. The van der Waals surface area contributed by atoms with Gasteiger partial charge in [-0.1, -0.05) is 40.7 Å². The second-order valence-electron chi connectivity index (χ2n) is 4.01. The lowest BCUT2D eigenvalue weighted by Crippen LogP contribution is -2.27. The van der Waals surface area contributed by atoms with Crippen LogP contribution in [-0.2, 0) is 0 Å². The Labute approximate surface area is 106 Å². The highest BCUT2D eigenvalue weighted by Gasteiger charge is 2.42. The number of likely N-dealkylation sites (N-methyl/N-ethyl adjacent to an activating group) is 1. The van der Waals surface area contributed by atoms with Crippen molar-refractivity contribution in [3.63, 3.8) is 0 Å². The first-order valence-electron chi connectivity index (χ1n) is 7.09. The van der Waals surface area contributed by atoms with Gasteiger partial charge < -0.3 is 0 Å². The van der Waals surface area contributed by atoms with Crippen molar-refractivity contribution >= 4 is 0 Å². The van der Waals surface area contributed by atoms with E-state index in [4.69, 9.17) is 0 Å². The molecule has 2 atom stereocenters. The van der Waals surface area contributed by atoms with Gasteiger partial charge in [0.1, 0.15) is 0 Å². The second-order valence-corrected chi connectivity index (χ2v) is 4.01. The molecule has 2 aliphatic rings. The molecule has 1 aliphatic heterocycles. The summed E-state index contributed by atoms with van der Waals surface area (Å²) in [6, 6.07) is 4.95. The van der Waals surface area contributed by atoms with Crippen LogP contribution in [0.15, 0.2) is 18.3 Å². The minimum Gasteiger partial charge on any atom is -0.294 e. The normalized spacial score (nSPS) is 24.3. The fraction of sp³-hybridized carbons (Fsp3) is 0.667. The van der Waals surface area contributed by atoms with Crippen molar-refractivity contribution in [1.82, 2.24) is 9.88 Å². The molecule has 1 fully saturated rings. The molecule has 0 aromatic carbocycles. The standard InChI is InChI=1S/C11H14N2.2C2H6/c1-2-13-7-8-6-10(13)11-9(8)4-3-5-12-11;2*1-2/h3-5,8,10H,2,6-7H2,1H3;2*1-2H3. The fourth-order valence-electron chi connectivity index (χ4n) is 2.82. The topological polar surface area (TPSA) is 16.1 Å². The maximum atomic E-state index is 4.50. The van der Waals surface area contributed by atoms with Crippen LogP contribution in [0.3, 0.4) is 0 Å². The number of aromatic nitrogens is 1. The third kappa shape index (κ3) is 2.52. The highest BCUT2D eigenvalue weighted by atomic mass is 15.2. The Bertz CT molecular complexity index is 333. The maximum Gasteiger partial charge on any atom is 0.0610 e. The van der Waals surface area contributed by atoms with Gasteiger partial charge in [0.05, 0.1) is 11.7 Å². The smallest absolute Gasteiger partial charge is 0.0610 e. The SMILES string of the molecule is CC.CC.CCN1CC2CC1c1ncccc12. The highest BCUT2D eigenvalue weighted by molar-refractivity contribution is 5.35. The van der Waals surface area contributed by atoms with Crippen LogP contribution in [0.5, 0.6) is 0 Å². The Morgan fingerprint density at radius 1 is 1.29 bits per heavy atom. The Morgan fingerprint density at radius 2 is 2.00 bits per heavy atom. The Kier molecular flexibility index (Phi) is 5.63. The molecule has 1 saturated heterocycles. The lowest BCUT2D eigenvalue weighted by molar-refractivity contribution is 0.257. The maximum absolute atomic E-state index is 4.50. The molecule has 2 heterocycles. The van der Waals surface area contributed by atoms with E-state index in [0.29, 0.717) is 6.04 Å². The summed E-state index contributed by atoms with van der Waals surface area (Å²) in [5, 5.41) is 0. The van der Waals surface area contributed by atoms with Crippen LogP contribution in [-0.4, -0.2) is 23.0 Å². The van der Waals surface area contributed by atoms with Gasteiger partial charge in [-0.2, -0.15) is 0 Å². The lowest BCUT2D eigenvalue weighted by Gasteiger charge is -2.26. The van der Waals surface area contributed by atoms with E-state index in [-0.39, 0.29) is 0 Å². The molecule has 1 aromatic heterocycles. The van der Waals surface area contributed by atoms with E-state index in [2.05, 4.69) is 28.9 Å². The molecule has 2 bridgehead atoms. The summed E-state index contributed by atoms with van der Waals surface area (Å²) >= 11 is 0. The molecule has 2 heteroatoms. The van der Waals surface area contributed by atoms with Gasteiger partial charge in [0.25, 0.3) is 0 Å². The van der Waals surface area contributed by atoms with Crippen LogP contribution in [0.4, 0.5) is 0 Å². The largest absolute Gasteiger partial charge is 0.294 e. The summed E-state index contributed by atoms with van der Waals surface area (Å²) in [5.41, 5.74) is 2.86. The molecule has 2 unspecified atom stereocenters. The number of hydrogen-bond acceptors (Lipinski definition) is 2. The Hall–Kier alpha value is -0.890. The number of likely N-dealkylation sites (tertiary alicyclic amines) is 1. The van der Waals surface area contributed by atoms with E-state index in [0.717, 1.165) is 12.5 Å². The van der Waals surface area contributed by atoms with Gasteiger partial charge in [-0.3, -0.25) is 9.88 Å². The average molecular weight is 234 g/mol. The first-order chi connectivity index (χ1) is 8.40. The summed E-state index contributed by atoms with van der Waals surface area (Å²) in [7, 11) is 0. The molecule has 0 N–H and O–H groups in total. The number of rotatable bonds is 1. The molecule has 0 amide bonds. The fourth-order valence-corrected chi connectivity index (χ4v) is 2.82. The molecule has 0 saturated carbocycles. The summed E-state index contributed by atoms with van der Waals surface area (Å²) in [6.45, 7) is 12.7. The molecule has 17 heavy (non-hydrogen) atoms. The predicted octanol–water partition coefficient (Wildman–Crippen LogP) is 4.00. The van der Waals surface area contributed by atoms with E-state index >= 15 is 0 Å². The summed E-state index contributed by atoms with van der Waals surface area (Å²) < 4.78 is 0. The van der Waals surface area contributed by atoms with Crippen molar-refractivity contribution in [3.8, 4) is 0 Å². The van der Waals surface area contributed by atoms with Gasteiger partial charge in [-0.15, -0.1) is 0 Å². The minimum atomic E-state index is 0.631. The number of fused-ring (bicyclic) bond motifs is 5. The van der Waals surface area contributed by atoms with Crippen molar-refractivity contribution in [2.75, 3.05) is 13.1 Å². The zero-order chi connectivity index (χ0) is 12.8. The van der Waals surface area contributed by atoms with Gasteiger partial charge in [-0.25, -0.2) is 0 Å². The van der Waals surface area contributed by atoms with Crippen molar-refractivity contribution < 1.29 is 0 Å². The van der Waals surface area contributed by atoms with Crippen molar-refractivity contribution in [1.29, 1.82) is 0 Å². The molecule has 0 radical (unpaired) electrons. The van der Waals surface area contributed by atoms with Crippen LogP contribution in [0, 0.1) is 0 Å². The van der Waals surface area contributed by atoms with E-state index < -0.39 is 0 Å². The van der Waals surface area contributed by atoms with Crippen LogP contribution in [0.25, 0.3) is 0 Å². The van der Waals surface area contributed by atoms with E-state index in [1.165, 1.54) is 24.2 Å². The molecule has 96 valence electrons. The van der Waals surface area contributed by atoms with Crippen molar-refractivity contribution in [2.45, 2.75) is 53.0 Å². The van der Waals surface area contributed by atoms with Crippen LogP contribution in [0.1, 0.15) is 64.3 Å². The predicted molar refractivity (Wildman–Crippen MR) is 74.3 cm³/mol. The molecule has 1 aliphatic carbocycles. The zero-order valence-corrected chi connectivity index (χ0v) is 11.9. The quantitative estimate of drug-likeness (QED) is 0.730. The van der Waals surface area contributed by atoms with E-state index in [9.17, 15) is 0 Å². The average Bonchev–Trinajstić information content (AvgIpc) is 3.02. The van der Waals surface area contributed by atoms with Crippen molar-refractivity contribution in [2.24, 2.45) is 0 Å². The second kappa shape index (κ2) is 6.75.